The van der Waals surface area contributed by atoms with Crippen LogP contribution in [0.3, 0.4) is 0 Å². The number of aromatic nitrogens is 5. The number of benzene rings is 1. The van der Waals surface area contributed by atoms with Gasteiger partial charge in [0.25, 0.3) is 11.8 Å². The Morgan fingerprint density at radius 1 is 0.915 bits per heavy atom. The highest BCUT2D eigenvalue weighted by molar-refractivity contribution is 6.23. The smallest absolute Gasteiger partial charge is 0.262 e. The minimum absolute atomic E-state index is 0.0934. The van der Waals surface area contributed by atoms with Crippen LogP contribution in [0.5, 0.6) is 0 Å². The summed E-state index contributed by atoms with van der Waals surface area (Å²) in [5.41, 5.74) is 11.6. The molecule has 1 atom stereocenters. The Hall–Kier alpha value is -4.91. The number of nitrogens with zero attached hydrogens (tertiary/aromatic N) is 6. The summed E-state index contributed by atoms with van der Waals surface area (Å²) in [5.74, 6) is -1.09. The molecule has 5 aliphatic rings. The molecule has 3 aromatic heterocycles. The van der Waals surface area contributed by atoms with E-state index in [0.29, 0.717) is 23.9 Å². The lowest BCUT2D eigenvalue weighted by molar-refractivity contribution is -0.136. The molecule has 4 aromatic rings. The number of hydrogen-bond donors (Lipinski definition) is 3. The highest BCUT2D eigenvalue weighted by Crippen LogP contribution is 2.46. The Morgan fingerprint density at radius 3 is 2.49 bits per heavy atom. The molecule has 13 nitrogen and oxygen atoms in total. The predicted octanol–water partition coefficient (Wildman–Crippen LogP) is 3.30. The van der Waals surface area contributed by atoms with Gasteiger partial charge in [0.1, 0.15) is 6.04 Å². The van der Waals surface area contributed by atoms with Crippen LogP contribution in [-0.4, -0.2) is 71.7 Å². The molecule has 13 heteroatoms. The SMILES string of the molecule is N[C@H]1C[C@H](n2ncc3cnc(-c4cn([C@H]5C[C@H](CNc6ccc7c(c6)C(=O)N(C6CCC(=O)NC6=O)C7=O)C5)nc4C4CC4)cc32)C1. The number of anilines is 1. The first kappa shape index (κ1) is 28.3. The Labute approximate surface area is 269 Å². The van der Waals surface area contributed by atoms with E-state index in [9.17, 15) is 19.2 Å². The number of rotatable bonds is 8. The second kappa shape index (κ2) is 10.6. The van der Waals surface area contributed by atoms with Crippen molar-refractivity contribution >= 4 is 40.2 Å². The number of fused-ring (bicyclic) bond motifs is 2. The van der Waals surface area contributed by atoms with Crippen LogP contribution in [0.1, 0.15) is 95.8 Å². The van der Waals surface area contributed by atoms with Crippen LogP contribution in [0.2, 0.25) is 0 Å². The number of piperidine rings is 1. The molecule has 5 heterocycles. The third kappa shape index (κ3) is 4.74. The van der Waals surface area contributed by atoms with Crippen molar-refractivity contribution in [3.8, 4) is 11.3 Å². The molecule has 47 heavy (non-hydrogen) atoms. The quantitative estimate of drug-likeness (QED) is 0.246. The van der Waals surface area contributed by atoms with Gasteiger partial charge in [-0.2, -0.15) is 10.2 Å². The molecule has 0 radical (unpaired) electrons. The predicted molar refractivity (Wildman–Crippen MR) is 170 cm³/mol. The Balaban J connectivity index is 0.863. The van der Waals surface area contributed by atoms with Crippen LogP contribution < -0.4 is 16.4 Å². The molecule has 3 saturated carbocycles. The third-order valence-corrected chi connectivity index (χ3v) is 10.6. The van der Waals surface area contributed by atoms with Crippen molar-refractivity contribution in [1.82, 2.24) is 34.8 Å². The van der Waals surface area contributed by atoms with Gasteiger partial charge in [-0.1, -0.05) is 0 Å². The van der Waals surface area contributed by atoms with Gasteiger partial charge in [-0.15, -0.1) is 0 Å². The van der Waals surface area contributed by atoms with Crippen molar-refractivity contribution in [2.24, 2.45) is 11.7 Å². The average Bonchev–Trinajstić information content (AvgIpc) is 3.57. The zero-order chi connectivity index (χ0) is 32.0. The van der Waals surface area contributed by atoms with Crippen molar-refractivity contribution in [2.75, 3.05) is 11.9 Å². The van der Waals surface area contributed by atoms with Crippen LogP contribution in [-0.2, 0) is 9.59 Å². The lowest BCUT2D eigenvalue weighted by Crippen LogP contribution is -2.54. The lowest BCUT2D eigenvalue weighted by Gasteiger charge is -2.35. The Morgan fingerprint density at radius 2 is 1.72 bits per heavy atom. The van der Waals surface area contributed by atoms with E-state index in [2.05, 4.69) is 37.4 Å². The first-order valence-corrected chi connectivity index (χ1v) is 16.6. The molecular formula is C34H35N9O4. The second-order valence-electron chi connectivity index (χ2n) is 13.9. The molecule has 3 aliphatic carbocycles. The third-order valence-electron chi connectivity index (χ3n) is 10.6. The van der Waals surface area contributed by atoms with Crippen LogP contribution in [0.15, 0.2) is 42.9 Å². The molecule has 4 fully saturated rings. The number of amides is 4. The molecule has 9 rings (SSSR count). The summed E-state index contributed by atoms with van der Waals surface area (Å²) in [6, 6.07) is 7.21. The number of carbonyl (C=O) groups is 4. The standard InChI is InChI=1S/C34H35N9O4/c35-20-9-23(10-20)43-29-12-27(37-14-19(29)15-38-43)26-16-41(40-31(26)18-1-2-18)22-7-17(8-22)13-36-21-3-4-24-25(11-21)34(47)42(33(24)46)28-5-6-30(44)39-32(28)45/h3-4,11-12,14-18,20,22-23,28,36H,1-2,5-10,13,35H2,(H,39,44,45)/t17-,20-,22-,23-,28?. The highest BCUT2D eigenvalue weighted by Gasteiger charge is 2.45. The number of carbonyl (C=O) groups excluding carboxylic acids is 4. The van der Waals surface area contributed by atoms with Gasteiger partial charge >= 0.3 is 0 Å². The number of pyridine rings is 1. The van der Waals surface area contributed by atoms with Crippen molar-refractivity contribution in [3.63, 3.8) is 0 Å². The van der Waals surface area contributed by atoms with Crippen molar-refractivity contribution in [3.05, 3.63) is 59.7 Å². The zero-order valence-electron chi connectivity index (χ0n) is 25.8. The topological polar surface area (TPSA) is 170 Å². The van der Waals surface area contributed by atoms with Crippen molar-refractivity contribution in [1.29, 1.82) is 0 Å². The molecule has 2 aliphatic heterocycles. The summed E-state index contributed by atoms with van der Waals surface area (Å²) in [6.45, 7) is 0.727. The maximum absolute atomic E-state index is 13.2. The monoisotopic (exact) mass is 633 g/mol. The summed E-state index contributed by atoms with van der Waals surface area (Å²) in [5, 5.41) is 16.5. The summed E-state index contributed by atoms with van der Waals surface area (Å²) >= 11 is 0. The zero-order valence-corrected chi connectivity index (χ0v) is 25.8. The minimum atomic E-state index is -0.972. The van der Waals surface area contributed by atoms with E-state index in [0.717, 1.165) is 83.5 Å². The fraction of sp³-hybridized carbons (Fsp3) is 0.441. The molecule has 240 valence electrons. The first-order chi connectivity index (χ1) is 22.8. The normalized spacial score (nSPS) is 27.1. The molecule has 1 aromatic carbocycles. The summed E-state index contributed by atoms with van der Waals surface area (Å²) < 4.78 is 4.24. The van der Waals surface area contributed by atoms with E-state index in [1.165, 1.54) is 0 Å². The van der Waals surface area contributed by atoms with Gasteiger partial charge < -0.3 is 11.1 Å². The Kier molecular flexibility index (Phi) is 6.36. The molecule has 1 saturated heterocycles. The summed E-state index contributed by atoms with van der Waals surface area (Å²) in [7, 11) is 0. The van der Waals surface area contributed by atoms with E-state index in [-0.39, 0.29) is 30.0 Å². The molecule has 0 bridgehead atoms. The number of hydrogen-bond acceptors (Lipinski definition) is 9. The van der Waals surface area contributed by atoms with E-state index >= 15 is 0 Å². The van der Waals surface area contributed by atoms with Gasteiger partial charge in [-0.05, 0) is 75.1 Å². The molecule has 1 unspecified atom stereocenters. The van der Waals surface area contributed by atoms with Gasteiger partial charge in [-0.3, -0.25) is 43.7 Å². The average molecular weight is 634 g/mol. The fourth-order valence-electron chi connectivity index (χ4n) is 7.58. The lowest BCUT2D eigenvalue weighted by atomic mass is 9.80. The largest absolute Gasteiger partial charge is 0.385 e. The van der Waals surface area contributed by atoms with Gasteiger partial charge in [0.05, 0.1) is 46.3 Å². The minimum Gasteiger partial charge on any atom is -0.385 e. The van der Waals surface area contributed by atoms with Crippen LogP contribution in [0.25, 0.3) is 22.2 Å². The van der Waals surface area contributed by atoms with Gasteiger partial charge in [-0.25, -0.2) is 0 Å². The highest BCUT2D eigenvalue weighted by atomic mass is 16.2. The fourth-order valence-corrected chi connectivity index (χ4v) is 7.58. The molecule has 4 N–H and O–H groups in total. The second-order valence-corrected chi connectivity index (χ2v) is 13.9. The molecule has 0 spiro atoms. The summed E-state index contributed by atoms with van der Waals surface area (Å²) in [6.07, 6.45) is 12.4. The van der Waals surface area contributed by atoms with Gasteiger partial charge in [0.2, 0.25) is 11.8 Å². The Bertz CT molecular complexity index is 1980. The van der Waals surface area contributed by atoms with Gasteiger partial charge in [0, 0.05) is 54.0 Å². The van der Waals surface area contributed by atoms with Crippen molar-refractivity contribution in [2.45, 2.75) is 81.5 Å². The first-order valence-electron chi connectivity index (χ1n) is 16.6. The maximum atomic E-state index is 13.2. The number of nitrogens with two attached hydrogens (primary N) is 1. The van der Waals surface area contributed by atoms with Crippen LogP contribution >= 0.6 is 0 Å². The van der Waals surface area contributed by atoms with E-state index in [4.69, 9.17) is 15.8 Å². The molecule has 4 amide bonds. The van der Waals surface area contributed by atoms with E-state index in [1.54, 1.807) is 18.2 Å². The van der Waals surface area contributed by atoms with Gasteiger partial charge in [0.15, 0.2) is 0 Å². The van der Waals surface area contributed by atoms with Crippen LogP contribution in [0, 0.1) is 5.92 Å². The maximum Gasteiger partial charge on any atom is 0.262 e. The van der Waals surface area contributed by atoms with E-state index < -0.39 is 29.7 Å². The summed E-state index contributed by atoms with van der Waals surface area (Å²) in [4.78, 5) is 55.9. The van der Waals surface area contributed by atoms with Crippen LogP contribution in [0.4, 0.5) is 5.69 Å². The number of nitrogens with one attached hydrogen (secondary N) is 2. The number of imide groups is 2. The van der Waals surface area contributed by atoms with Crippen molar-refractivity contribution < 1.29 is 19.2 Å². The molecular weight excluding hydrogens is 598 g/mol. The van der Waals surface area contributed by atoms with E-state index in [1.807, 2.05) is 12.4 Å².